The van der Waals surface area contributed by atoms with Crippen molar-refractivity contribution in [3.8, 4) is 11.4 Å². The number of likely N-dealkylation sites (tertiary alicyclic amines) is 1. The van der Waals surface area contributed by atoms with E-state index in [-0.39, 0.29) is 11.4 Å². The van der Waals surface area contributed by atoms with Crippen LogP contribution in [0.3, 0.4) is 0 Å². The van der Waals surface area contributed by atoms with E-state index in [1.807, 2.05) is 24.3 Å². The van der Waals surface area contributed by atoms with E-state index >= 15 is 0 Å². The first kappa shape index (κ1) is 16.9. The van der Waals surface area contributed by atoms with Crippen LogP contribution in [0.2, 0.25) is 0 Å². The normalized spacial score (nSPS) is 24.1. The summed E-state index contributed by atoms with van der Waals surface area (Å²) in [5, 5.41) is 7.24. The molecule has 142 valence electrons. The number of benzene rings is 1. The van der Waals surface area contributed by atoms with E-state index in [0.29, 0.717) is 17.3 Å². The van der Waals surface area contributed by atoms with Crippen LogP contribution >= 0.6 is 0 Å². The molecule has 0 radical (unpaired) electrons. The third kappa shape index (κ3) is 3.50. The lowest BCUT2D eigenvalue weighted by Gasteiger charge is -2.29. The first-order chi connectivity index (χ1) is 13.1. The quantitative estimate of drug-likeness (QED) is 0.850. The van der Waals surface area contributed by atoms with Crippen molar-refractivity contribution < 1.29 is 9.32 Å². The Bertz CT molecular complexity index is 836. The molecular weight excluding hydrogens is 340 g/mol. The van der Waals surface area contributed by atoms with E-state index in [4.69, 9.17) is 4.52 Å². The van der Waals surface area contributed by atoms with Crippen LogP contribution in [0.25, 0.3) is 11.4 Å². The molecule has 1 aliphatic heterocycles. The molecule has 0 bridgehead atoms. The van der Waals surface area contributed by atoms with Gasteiger partial charge in [-0.3, -0.25) is 9.69 Å². The molecule has 6 heteroatoms. The van der Waals surface area contributed by atoms with Crippen LogP contribution in [0.5, 0.6) is 0 Å². The average Bonchev–Trinajstić information content (AvgIpc) is 3.56. The van der Waals surface area contributed by atoms with Crippen molar-refractivity contribution in [2.75, 3.05) is 13.1 Å². The van der Waals surface area contributed by atoms with Gasteiger partial charge in [-0.1, -0.05) is 17.3 Å². The van der Waals surface area contributed by atoms with Gasteiger partial charge in [0.1, 0.15) is 0 Å². The van der Waals surface area contributed by atoms with Gasteiger partial charge in [0, 0.05) is 30.6 Å². The van der Waals surface area contributed by atoms with Gasteiger partial charge >= 0.3 is 0 Å². The van der Waals surface area contributed by atoms with E-state index in [2.05, 4.69) is 20.4 Å². The van der Waals surface area contributed by atoms with Gasteiger partial charge in [-0.2, -0.15) is 4.98 Å². The second-order valence-corrected chi connectivity index (χ2v) is 8.47. The maximum atomic E-state index is 12.8. The van der Waals surface area contributed by atoms with Gasteiger partial charge in [0.15, 0.2) is 0 Å². The maximum Gasteiger partial charge on any atom is 0.251 e. The summed E-state index contributed by atoms with van der Waals surface area (Å²) in [6.07, 6.45) is 7.62. The largest absolute Gasteiger partial charge is 0.345 e. The summed E-state index contributed by atoms with van der Waals surface area (Å²) in [5.74, 6) is 2.03. The number of amides is 1. The monoisotopic (exact) mass is 366 g/mol. The molecule has 5 rings (SSSR count). The smallest absolute Gasteiger partial charge is 0.251 e. The van der Waals surface area contributed by atoms with Crippen LogP contribution in [0.15, 0.2) is 28.8 Å². The first-order valence-electron chi connectivity index (χ1n) is 10.1. The molecule has 2 saturated carbocycles. The second-order valence-electron chi connectivity index (χ2n) is 8.47. The standard InChI is InChI=1S/C21H26N4O2/c1-14-22-19(24-27-14)16-6-8-17(9-7-16)20(26)23-21(10-11-21)13-25-12-2-3-18(25)15-4-5-15/h6-9,15,18H,2-5,10-13H2,1H3,(H,23,26). The SMILES string of the molecule is Cc1nc(-c2ccc(C(=O)NC3(CN4CCCC4C4CC4)CC3)cc2)no1. The van der Waals surface area contributed by atoms with Gasteiger partial charge in [-0.15, -0.1) is 0 Å². The zero-order chi connectivity index (χ0) is 18.4. The average molecular weight is 366 g/mol. The molecule has 2 aromatic rings. The minimum Gasteiger partial charge on any atom is -0.345 e. The van der Waals surface area contributed by atoms with Crippen LogP contribution in [0.1, 0.15) is 54.8 Å². The van der Waals surface area contributed by atoms with Crippen molar-refractivity contribution in [1.29, 1.82) is 0 Å². The van der Waals surface area contributed by atoms with E-state index in [0.717, 1.165) is 36.9 Å². The first-order valence-corrected chi connectivity index (χ1v) is 10.1. The number of nitrogens with zero attached hydrogens (tertiary/aromatic N) is 3. The number of rotatable bonds is 6. The molecule has 27 heavy (non-hydrogen) atoms. The third-order valence-corrected chi connectivity index (χ3v) is 6.25. The summed E-state index contributed by atoms with van der Waals surface area (Å²) in [4.78, 5) is 19.6. The highest BCUT2D eigenvalue weighted by Crippen LogP contribution is 2.43. The Morgan fingerprint density at radius 2 is 2.04 bits per heavy atom. The minimum atomic E-state index is -0.0159. The lowest BCUT2D eigenvalue weighted by Crippen LogP contribution is -2.47. The summed E-state index contributed by atoms with van der Waals surface area (Å²) in [6, 6.07) is 8.20. The van der Waals surface area contributed by atoms with E-state index in [9.17, 15) is 4.79 Å². The van der Waals surface area contributed by atoms with Gasteiger partial charge in [-0.05, 0) is 63.1 Å². The van der Waals surface area contributed by atoms with Crippen molar-refractivity contribution in [2.45, 2.75) is 57.0 Å². The molecule has 3 fully saturated rings. The number of aryl methyl sites for hydroxylation is 1. The Balaban J connectivity index is 1.23. The lowest BCUT2D eigenvalue weighted by atomic mass is 10.1. The third-order valence-electron chi connectivity index (χ3n) is 6.25. The minimum absolute atomic E-state index is 0.0159. The predicted molar refractivity (Wildman–Crippen MR) is 101 cm³/mol. The summed E-state index contributed by atoms with van der Waals surface area (Å²) in [5.41, 5.74) is 1.53. The van der Waals surface area contributed by atoms with Gasteiger partial charge in [0.2, 0.25) is 11.7 Å². The second kappa shape index (κ2) is 6.44. The molecule has 2 aliphatic carbocycles. The van der Waals surface area contributed by atoms with E-state index in [1.54, 1.807) is 6.92 Å². The molecular formula is C21H26N4O2. The number of carbonyl (C=O) groups is 1. The van der Waals surface area contributed by atoms with Crippen molar-refractivity contribution >= 4 is 5.91 Å². The molecule has 1 N–H and O–H groups in total. The summed E-state index contributed by atoms with van der Waals surface area (Å²) >= 11 is 0. The molecule has 0 spiro atoms. The Labute approximate surface area is 159 Å². The summed E-state index contributed by atoms with van der Waals surface area (Å²) in [7, 11) is 0. The van der Waals surface area contributed by atoms with Crippen LogP contribution in [-0.2, 0) is 0 Å². The zero-order valence-corrected chi connectivity index (χ0v) is 15.8. The van der Waals surface area contributed by atoms with E-state index in [1.165, 1.54) is 32.2 Å². The molecule has 1 amide bonds. The highest BCUT2D eigenvalue weighted by atomic mass is 16.5. The summed E-state index contributed by atoms with van der Waals surface area (Å²) < 4.78 is 5.02. The summed E-state index contributed by atoms with van der Waals surface area (Å²) in [6.45, 7) is 3.97. The van der Waals surface area contributed by atoms with Gasteiger partial charge < -0.3 is 9.84 Å². The molecule has 1 unspecified atom stereocenters. The fourth-order valence-corrected chi connectivity index (χ4v) is 4.43. The van der Waals surface area contributed by atoms with Crippen LogP contribution in [-0.4, -0.2) is 45.6 Å². The molecule has 1 aromatic heterocycles. The fourth-order valence-electron chi connectivity index (χ4n) is 4.43. The molecule has 3 aliphatic rings. The highest BCUT2D eigenvalue weighted by molar-refractivity contribution is 5.95. The molecule has 1 aromatic carbocycles. The molecule has 6 nitrogen and oxygen atoms in total. The molecule has 1 atom stereocenters. The Morgan fingerprint density at radius 3 is 2.67 bits per heavy atom. The highest BCUT2D eigenvalue weighted by Gasteiger charge is 2.48. The molecule has 2 heterocycles. The maximum absolute atomic E-state index is 12.8. The van der Waals surface area contributed by atoms with Crippen LogP contribution in [0, 0.1) is 12.8 Å². The van der Waals surface area contributed by atoms with Crippen LogP contribution < -0.4 is 5.32 Å². The molecule has 1 saturated heterocycles. The lowest BCUT2D eigenvalue weighted by molar-refractivity contribution is 0.0911. The van der Waals surface area contributed by atoms with Gasteiger partial charge in [0.05, 0.1) is 5.54 Å². The van der Waals surface area contributed by atoms with Crippen LogP contribution in [0.4, 0.5) is 0 Å². The van der Waals surface area contributed by atoms with Crippen molar-refractivity contribution in [3.05, 3.63) is 35.7 Å². The number of aromatic nitrogens is 2. The van der Waals surface area contributed by atoms with Crippen molar-refractivity contribution in [1.82, 2.24) is 20.4 Å². The number of hydrogen-bond acceptors (Lipinski definition) is 5. The number of nitrogens with one attached hydrogen (secondary N) is 1. The predicted octanol–water partition coefficient (Wildman–Crippen LogP) is 3.18. The van der Waals surface area contributed by atoms with Gasteiger partial charge in [0.25, 0.3) is 5.91 Å². The van der Waals surface area contributed by atoms with Gasteiger partial charge in [-0.25, -0.2) is 0 Å². The fraction of sp³-hybridized carbons (Fsp3) is 0.571. The Hall–Kier alpha value is -2.21. The zero-order valence-electron chi connectivity index (χ0n) is 15.8. The Kier molecular flexibility index (Phi) is 4.04. The van der Waals surface area contributed by atoms with Crippen molar-refractivity contribution in [2.24, 2.45) is 5.92 Å². The number of hydrogen-bond donors (Lipinski definition) is 1. The Morgan fingerprint density at radius 1 is 1.26 bits per heavy atom. The topological polar surface area (TPSA) is 71.3 Å². The van der Waals surface area contributed by atoms with Crippen molar-refractivity contribution in [3.63, 3.8) is 0 Å². The van der Waals surface area contributed by atoms with E-state index < -0.39 is 0 Å². The number of carbonyl (C=O) groups excluding carboxylic acids is 1.